The molecule has 1 aliphatic rings. The van der Waals surface area contributed by atoms with Crippen molar-refractivity contribution in [3.63, 3.8) is 0 Å². The van der Waals surface area contributed by atoms with E-state index in [1.165, 1.54) is 25.7 Å². The predicted octanol–water partition coefficient (Wildman–Crippen LogP) is 2.49. The maximum Gasteiger partial charge on any atom is 0.122 e. The van der Waals surface area contributed by atoms with Crippen LogP contribution in [0.3, 0.4) is 0 Å². The van der Waals surface area contributed by atoms with E-state index in [1.807, 2.05) is 19.1 Å². The van der Waals surface area contributed by atoms with Crippen molar-refractivity contribution in [2.45, 2.75) is 51.6 Å². The molecule has 0 amide bonds. The Kier molecular flexibility index (Phi) is 5.00. The van der Waals surface area contributed by atoms with Crippen LogP contribution in [0.5, 0.6) is 5.75 Å². The van der Waals surface area contributed by atoms with Gasteiger partial charge in [-0.25, -0.2) is 0 Å². The van der Waals surface area contributed by atoms with Gasteiger partial charge in [0.15, 0.2) is 0 Å². The van der Waals surface area contributed by atoms with Crippen LogP contribution in [0, 0.1) is 6.92 Å². The number of hydrogen-bond donors (Lipinski definition) is 1. The van der Waals surface area contributed by atoms with E-state index in [0.717, 1.165) is 36.8 Å². The first-order valence-corrected chi connectivity index (χ1v) is 7.60. The van der Waals surface area contributed by atoms with Crippen molar-refractivity contribution in [3.05, 3.63) is 23.5 Å². The lowest BCUT2D eigenvalue weighted by Crippen LogP contribution is -2.51. The van der Waals surface area contributed by atoms with Gasteiger partial charge in [0.25, 0.3) is 0 Å². The predicted molar refractivity (Wildman–Crippen MR) is 81.9 cm³/mol. The van der Waals surface area contributed by atoms with Crippen LogP contribution in [-0.4, -0.2) is 35.6 Å². The summed E-state index contributed by atoms with van der Waals surface area (Å²) in [5.41, 5.74) is 8.35. The molecule has 0 aliphatic heterocycles. The summed E-state index contributed by atoms with van der Waals surface area (Å²) in [6, 6.07) is 4.00. The van der Waals surface area contributed by atoms with Gasteiger partial charge in [-0.3, -0.25) is 9.88 Å². The fourth-order valence-electron chi connectivity index (χ4n) is 3.39. The van der Waals surface area contributed by atoms with Crippen molar-refractivity contribution in [1.29, 1.82) is 0 Å². The van der Waals surface area contributed by atoms with Crippen LogP contribution in [0.25, 0.3) is 0 Å². The van der Waals surface area contributed by atoms with E-state index < -0.39 is 0 Å². The Morgan fingerprint density at radius 3 is 2.60 bits per heavy atom. The van der Waals surface area contributed by atoms with Crippen molar-refractivity contribution >= 4 is 0 Å². The zero-order valence-corrected chi connectivity index (χ0v) is 13.0. The Hall–Kier alpha value is -1.13. The van der Waals surface area contributed by atoms with E-state index in [9.17, 15) is 0 Å². The van der Waals surface area contributed by atoms with E-state index in [4.69, 9.17) is 10.5 Å². The van der Waals surface area contributed by atoms with Crippen LogP contribution < -0.4 is 10.5 Å². The van der Waals surface area contributed by atoms with Crippen molar-refractivity contribution in [1.82, 2.24) is 9.88 Å². The Labute approximate surface area is 122 Å². The molecule has 0 spiro atoms. The molecule has 1 aromatic rings. The molecule has 4 heteroatoms. The molecule has 0 bridgehead atoms. The number of methoxy groups -OCH3 is 1. The van der Waals surface area contributed by atoms with Crippen molar-refractivity contribution in [2.24, 2.45) is 5.73 Å². The second kappa shape index (κ2) is 6.55. The summed E-state index contributed by atoms with van der Waals surface area (Å²) in [4.78, 5) is 7.15. The number of nitrogens with two attached hydrogens (primary N) is 1. The van der Waals surface area contributed by atoms with Gasteiger partial charge in [0.1, 0.15) is 5.75 Å². The third-order valence-electron chi connectivity index (χ3n) is 4.54. The molecule has 0 saturated heterocycles. The zero-order valence-electron chi connectivity index (χ0n) is 13.0. The van der Waals surface area contributed by atoms with Crippen LogP contribution in [0.2, 0.25) is 0 Å². The third kappa shape index (κ3) is 3.13. The molecule has 112 valence electrons. The standard InChI is InChI=1S/C16H27N3O/c1-4-19(16(12-17)7-5-6-8-16)11-14-10-15(20-3)9-13(2)18-14/h9-10H,4-8,11-12,17H2,1-3H3. The van der Waals surface area contributed by atoms with E-state index in [0.29, 0.717) is 0 Å². The lowest BCUT2D eigenvalue weighted by Gasteiger charge is -2.40. The minimum Gasteiger partial charge on any atom is -0.497 e. The number of ether oxygens (including phenoxy) is 1. The first-order chi connectivity index (χ1) is 9.63. The lowest BCUT2D eigenvalue weighted by molar-refractivity contribution is 0.0955. The SMILES string of the molecule is CCN(Cc1cc(OC)cc(C)n1)C1(CN)CCCC1. The molecular weight excluding hydrogens is 250 g/mol. The van der Waals surface area contributed by atoms with E-state index >= 15 is 0 Å². The van der Waals surface area contributed by atoms with Crippen molar-refractivity contribution < 1.29 is 4.74 Å². The number of rotatable bonds is 6. The first-order valence-electron chi connectivity index (χ1n) is 7.60. The molecule has 0 atom stereocenters. The molecule has 0 radical (unpaired) electrons. The Morgan fingerprint density at radius 2 is 2.05 bits per heavy atom. The number of nitrogens with zero attached hydrogens (tertiary/aromatic N) is 2. The Morgan fingerprint density at radius 1 is 1.35 bits per heavy atom. The van der Waals surface area contributed by atoms with Crippen LogP contribution in [0.15, 0.2) is 12.1 Å². The minimum absolute atomic E-state index is 0.174. The normalized spacial score (nSPS) is 17.6. The molecule has 20 heavy (non-hydrogen) atoms. The van der Waals surface area contributed by atoms with Crippen LogP contribution in [0.4, 0.5) is 0 Å². The van der Waals surface area contributed by atoms with Gasteiger partial charge in [-0.05, 0) is 26.3 Å². The fraction of sp³-hybridized carbons (Fsp3) is 0.688. The molecule has 1 aliphatic carbocycles. The minimum atomic E-state index is 0.174. The zero-order chi connectivity index (χ0) is 14.6. The van der Waals surface area contributed by atoms with Gasteiger partial charge in [0.05, 0.1) is 12.8 Å². The Bertz CT molecular complexity index is 441. The number of likely N-dealkylation sites (N-methyl/N-ethyl adjacent to an activating group) is 1. The highest BCUT2D eigenvalue weighted by atomic mass is 16.5. The smallest absolute Gasteiger partial charge is 0.122 e. The van der Waals surface area contributed by atoms with Crippen LogP contribution in [-0.2, 0) is 6.54 Å². The van der Waals surface area contributed by atoms with Gasteiger partial charge in [-0.15, -0.1) is 0 Å². The first kappa shape index (κ1) is 15.3. The van der Waals surface area contributed by atoms with Gasteiger partial charge in [-0.1, -0.05) is 19.8 Å². The summed E-state index contributed by atoms with van der Waals surface area (Å²) in [5.74, 6) is 0.886. The fourth-order valence-corrected chi connectivity index (χ4v) is 3.39. The van der Waals surface area contributed by atoms with Crippen LogP contribution in [0.1, 0.15) is 44.0 Å². The molecule has 1 aromatic heterocycles. The maximum atomic E-state index is 6.10. The van der Waals surface area contributed by atoms with Gasteiger partial charge in [-0.2, -0.15) is 0 Å². The molecule has 1 fully saturated rings. The van der Waals surface area contributed by atoms with Crippen molar-refractivity contribution in [2.75, 3.05) is 20.2 Å². The van der Waals surface area contributed by atoms with Crippen molar-refractivity contribution in [3.8, 4) is 5.75 Å². The van der Waals surface area contributed by atoms with E-state index in [-0.39, 0.29) is 5.54 Å². The van der Waals surface area contributed by atoms with Gasteiger partial charge in [0.2, 0.25) is 0 Å². The quantitative estimate of drug-likeness (QED) is 0.868. The van der Waals surface area contributed by atoms with E-state index in [2.05, 4.69) is 16.8 Å². The van der Waals surface area contributed by atoms with Gasteiger partial charge >= 0.3 is 0 Å². The number of aromatic nitrogens is 1. The number of hydrogen-bond acceptors (Lipinski definition) is 4. The molecule has 2 rings (SSSR count). The summed E-state index contributed by atoms with van der Waals surface area (Å²) in [7, 11) is 1.70. The second-order valence-corrected chi connectivity index (χ2v) is 5.79. The summed E-state index contributed by atoms with van der Waals surface area (Å²) in [6.45, 7) is 6.82. The van der Waals surface area contributed by atoms with Gasteiger partial charge < -0.3 is 10.5 Å². The van der Waals surface area contributed by atoms with E-state index in [1.54, 1.807) is 7.11 Å². The molecule has 4 nitrogen and oxygen atoms in total. The van der Waals surface area contributed by atoms with Crippen LogP contribution >= 0.6 is 0 Å². The highest BCUT2D eigenvalue weighted by Gasteiger charge is 2.37. The summed E-state index contributed by atoms with van der Waals surface area (Å²) in [6.07, 6.45) is 5.00. The molecule has 0 aromatic carbocycles. The summed E-state index contributed by atoms with van der Waals surface area (Å²) >= 11 is 0. The average molecular weight is 277 g/mol. The highest BCUT2D eigenvalue weighted by molar-refractivity contribution is 5.26. The third-order valence-corrected chi connectivity index (χ3v) is 4.54. The maximum absolute atomic E-state index is 6.10. The second-order valence-electron chi connectivity index (χ2n) is 5.79. The Balaban J connectivity index is 2.19. The molecule has 2 N–H and O–H groups in total. The summed E-state index contributed by atoms with van der Waals surface area (Å²) in [5, 5.41) is 0. The topological polar surface area (TPSA) is 51.4 Å². The number of pyridine rings is 1. The molecular formula is C16H27N3O. The molecule has 0 unspecified atom stereocenters. The summed E-state index contributed by atoms with van der Waals surface area (Å²) < 4.78 is 5.34. The monoisotopic (exact) mass is 277 g/mol. The largest absolute Gasteiger partial charge is 0.497 e. The molecule has 1 heterocycles. The molecule has 1 saturated carbocycles. The lowest BCUT2D eigenvalue weighted by atomic mass is 9.94. The van der Waals surface area contributed by atoms with Gasteiger partial charge in [0, 0.05) is 36.5 Å². The highest BCUT2D eigenvalue weighted by Crippen LogP contribution is 2.35. The average Bonchev–Trinajstić information content (AvgIpc) is 2.94. The number of aryl methyl sites for hydroxylation is 1.